The smallest absolute Gasteiger partial charge is 0.211 e. The van der Waals surface area contributed by atoms with Crippen LogP contribution in [0.5, 0.6) is 0 Å². The van der Waals surface area contributed by atoms with Gasteiger partial charge in [-0.2, -0.15) is 0 Å². The van der Waals surface area contributed by atoms with Crippen molar-refractivity contribution < 1.29 is 14.3 Å². The first-order valence-corrected chi connectivity index (χ1v) is 6.04. The van der Waals surface area contributed by atoms with Crippen LogP contribution in [-0.4, -0.2) is 38.9 Å². The highest BCUT2D eigenvalue weighted by Crippen LogP contribution is 2.23. The molecule has 0 spiro atoms. The number of methoxy groups -OCH3 is 1. The number of rotatable bonds is 5. The van der Waals surface area contributed by atoms with Crippen LogP contribution in [0.2, 0.25) is 0 Å². The summed E-state index contributed by atoms with van der Waals surface area (Å²) < 4.78 is 4.93. The second-order valence-corrected chi connectivity index (χ2v) is 4.12. The largest absolute Gasteiger partial charge is 0.383 e. The Labute approximate surface area is 111 Å². The van der Waals surface area contributed by atoms with E-state index >= 15 is 0 Å². The highest BCUT2D eigenvalue weighted by atomic mass is 16.5. The van der Waals surface area contributed by atoms with Crippen molar-refractivity contribution in [3.05, 3.63) is 46.8 Å². The van der Waals surface area contributed by atoms with E-state index < -0.39 is 0 Å². The molecular weight excluding hydrogens is 244 g/mol. The van der Waals surface area contributed by atoms with E-state index in [1.54, 1.807) is 38.4 Å². The fourth-order valence-corrected chi connectivity index (χ4v) is 2.06. The molecule has 0 fully saturated rings. The molecule has 2 N–H and O–H groups in total. The summed E-state index contributed by atoms with van der Waals surface area (Å²) in [5, 5.41) is 5.77. The summed E-state index contributed by atoms with van der Waals surface area (Å²) in [7, 11) is 3.21. The van der Waals surface area contributed by atoms with Crippen LogP contribution in [-0.2, 0) is 4.74 Å². The second kappa shape index (κ2) is 5.67. The number of nitrogens with one attached hydrogen (secondary N) is 2. The summed E-state index contributed by atoms with van der Waals surface area (Å²) in [6.45, 7) is 0.932. The molecule has 100 valence electrons. The molecule has 0 aliphatic heterocycles. The number of benzene rings is 1. The van der Waals surface area contributed by atoms with Gasteiger partial charge in [0.15, 0.2) is 0 Å². The number of hydrogen-bond acceptors (Lipinski definition) is 5. The van der Waals surface area contributed by atoms with Gasteiger partial charge in [-0.25, -0.2) is 0 Å². The van der Waals surface area contributed by atoms with Crippen LogP contribution >= 0.6 is 0 Å². The molecule has 1 aromatic carbocycles. The predicted molar refractivity (Wildman–Crippen MR) is 71.1 cm³/mol. The van der Waals surface area contributed by atoms with Crippen LogP contribution in [0, 0.1) is 0 Å². The minimum atomic E-state index is -0.171. The number of hydrogen-bond donors (Lipinski definition) is 2. The third-order valence-electron chi connectivity index (χ3n) is 2.98. The Balaban J connectivity index is 2.39. The van der Waals surface area contributed by atoms with Gasteiger partial charge in [-0.15, -0.1) is 0 Å². The Morgan fingerprint density at radius 1 is 1.05 bits per heavy atom. The summed E-state index contributed by atoms with van der Waals surface area (Å²) in [5.41, 5.74) is 1.49. The molecule has 0 bridgehead atoms. The summed E-state index contributed by atoms with van der Waals surface area (Å²) >= 11 is 0. The molecule has 0 saturated carbocycles. The van der Waals surface area contributed by atoms with E-state index in [-0.39, 0.29) is 11.6 Å². The topological polar surface area (TPSA) is 67.4 Å². The van der Waals surface area contributed by atoms with Gasteiger partial charge < -0.3 is 15.4 Å². The van der Waals surface area contributed by atoms with Crippen LogP contribution < -0.4 is 10.6 Å². The molecule has 5 nitrogen and oxygen atoms in total. The Hall–Kier alpha value is -2.14. The molecule has 1 aromatic rings. The quantitative estimate of drug-likeness (QED) is 0.764. The van der Waals surface area contributed by atoms with Gasteiger partial charge in [-0.1, -0.05) is 24.3 Å². The number of likely N-dealkylation sites (N-methyl/N-ethyl adjacent to an activating group) is 1. The molecule has 0 aromatic heterocycles. The van der Waals surface area contributed by atoms with Crippen molar-refractivity contribution in [1.82, 2.24) is 10.6 Å². The number of fused-ring (bicyclic) bond motifs is 1. The second-order valence-electron chi connectivity index (χ2n) is 4.12. The van der Waals surface area contributed by atoms with Crippen molar-refractivity contribution in [3.8, 4) is 0 Å². The number of ketones is 2. The summed E-state index contributed by atoms with van der Waals surface area (Å²) in [4.78, 5) is 24.7. The van der Waals surface area contributed by atoms with E-state index in [0.717, 1.165) is 0 Å². The molecule has 0 amide bonds. The normalized spacial score (nSPS) is 14.4. The maximum absolute atomic E-state index is 12.4. The van der Waals surface area contributed by atoms with Crippen LogP contribution in [0.15, 0.2) is 35.7 Å². The summed E-state index contributed by atoms with van der Waals surface area (Å²) in [6.07, 6.45) is 0. The lowest BCUT2D eigenvalue weighted by atomic mass is 9.90. The Morgan fingerprint density at radius 2 is 1.63 bits per heavy atom. The van der Waals surface area contributed by atoms with E-state index in [0.29, 0.717) is 35.7 Å². The molecule has 0 unspecified atom stereocenters. The molecule has 0 radical (unpaired) electrons. The van der Waals surface area contributed by atoms with E-state index in [1.807, 2.05) is 0 Å². The minimum Gasteiger partial charge on any atom is -0.383 e. The maximum atomic E-state index is 12.4. The van der Waals surface area contributed by atoms with Gasteiger partial charge in [0.25, 0.3) is 0 Å². The van der Waals surface area contributed by atoms with E-state index in [4.69, 9.17) is 4.74 Å². The number of carbonyl (C=O) groups is 2. The maximum Gasteiger partial charge on any atom is 0.211 e. The van der Waals surface area contributed by atoms with Gasteiger partial charge in [0.1, 0.15) is 11.4 Å². The first-order chi connectivity index (χ1) is 9.20. The van der Waals surface area contributed by atoms with Gasteiger partial charge in [0, 0.05) is 31.8 Å². The van der Waals surface area contributed by atoms with Crippen molar-refractivity contribution in [3.63, 3.8) is 0 Å². The van der Waals surface area contributed by atoms with E-state index in [2.05, 4.69) is 10.6 Å². The first kappa shape index (κ1) is 13.3. The predicted octanol–water partition coefficient (Wildman–Crippen LogP) is 0.733. The van der Waals surface area contributed by atoms with Gasteiger partial charge in [0.05, 0.1) is 6.61 Å². The van der Waals surface area contributed by atoms with Crippen molar-refractivity contribution in [2.45, 2.75) is 0 Å². The lowest BCUT2D eigenvalue weighted by Gasteiger charge is -2.21. The average molecular weight is 260 g/mol. The van der Waals surface area contributed by atoms with Gasteiger partial charge in [0.2, 0.25) is 11.6 Å². The Bertz CT molecular complexity index is 549. The number of allylic oxidation sites excluding steroid dienone is 2. The van der Waals surface area contributed by atoms with Gasteiger partial charge in [-0.05, 0) is 0 Å². The van der Waals surface area contributed by atoms with Gasteiger partial charge >= 0.3 is 0 Å². The molecule has 0 heterocycles. The van der Waals surface area contributed by atoms with Crippen LogP contribution in [0.25, 0.3) is 0 Å². The zero-order valence-corrected chi connectivity index (χ0v) is 10.9. The van der Waals surface area contributed by atoms with Crippen LogP contribution in [0.3, 0.4) is 0 Å². The minimum absolute atomic E-state index is 0.169. The van der Waals surface area contributed by atoms with E-state index in [1.165, 1.54) is 0 Å². The van der Waals surface area contributed by atoms with Gasteiger partial charge in [-0.3, -0.25) is 9.59 Å². The molecule has 0 atom stereocenters. The number of ether oxygens (including phenoxy) is 1. The van der Waals surface area contributed by atoms with Crippen molar-refractivity contribution in [2.75, 3.05) is 27.3 Å². The third kappa shape index (κ3) is 2.37. The van der Waals surface area contributed by atoms with Crippen molar-refractivity contribution in [2.24, 2.45) is 0 Å². The molecule has 0 saturated heterocycles. The average Bonchev–Trinajstić information content (AvgIpc) is 2.44. The molecule has 19 heavy (non-hydrogen) atoms. The first-order valence-electron chi connectivity index (χ1n) is 6.04. The molecule has 1 aliphatic rings. The highest BCUT2D eigenvalue weighted by molar-refractivity contribution is 6.26. The lowest BCUT2D eigenvalue weighted by molar-refractivity contribution is 0.0961. The monoisotopic (exact) mass is 260 g/mol. The Morgan fingerprint density at radius 3 is 2.16 bits per heavy atom. The summed E-state index contributed by atoms with van der Waals surface area (Å²) in [5.74, 6) is -0.340. The number of carbonyl (C=O) groups excluding carboxylic acids is 2. The molecule has 5 heteroatoms. The molecule has 1 aliphatic carbocycles. The molecular formula is C14H16N2O3. The fourth-order valence-electron chi connectivity index (χ4n) is 2.06. The van der Waals surface area contributed by atoms with Crippen LogP contribution in [0.4, 0.5) is 0 Å². The third-order valence-corrected chi connectivity index (χ3v) is 2.98. The van der Waals surface area contributed by atoms with Crippen molar-refractivity contribution >= 4 is 11.6 Å². The molecule has 2 rings (SSSR count). The Kier molecular flexibility index (Phi) is 3.97. The van der Waals surface area contributed by atoms with Crippen LogP contribution in [0.1, 0.15) is 20.7 Å². The lowest BCUT2D eigenvalue weighted by Crippen LogP contribution is -2.36. The fraction of sp³-hybridized carbons (Fsp3) is 0.286. The zero-order valence-electron chi connectivity index (χ0n) is 10.9. The summed E-state index contributed by atoms with van der Waals surface area (Å²) in [6, 6.07) is 6.83. The highest BCUT2D eigenvalue weighted by Gasteiger charge is 2.31. The van der Waals surface area contributed by atoms with Crippen molar-refractivity contribution in [1.29, 1.82) is 0 Å². The number of Topliss-reactive ketones (excluding diaryl/α,β-unsaturated/α-hetero) is 2. The SMILES string of the molecule is CNC1=C(NCCOC)C(=O)c2ccccc2C1=O. The van der Waals surface area contributed by atoms with E-state index in [9.17, 15) is 9.59 Å². The zero-order chi connectivity index (χ0) is 13.8. The standard InChI is InChI=1S/C14H16N2O3/c1-15-11-12(16-7-8-19-2)14(18)10-6-4-3-5-9(10)13(11)17/h3-6,15-16H,7-8H2,1-2H3.